The number of carbonyl (C=O) groups excluding carboxylic acids is 1. The Labute approximate surface area is 131 Å². The van der Waals surface area contributed by atoms with Crippen molar-refractivity contribution in [3.05, 3.63) is 23.9 Å². The van der Waals surface area contributed by atoms with Crippen LogP contribution < -0.4 is 4.90 Å². The summed E-state index contributed by atoms with van der Waals surface area (Å²) in [6.45, 7) is 6.51. The molecule has 1 saturated heterocycles. The second kappa shape index (κ2) is 8.27. The van der Waals surface area contributed by atoms with Crippen molar-refractivity contribution in [1.82, 2.24) is 4.98 Å². The molecule has 1 unspecified atom stereocenters. The first-order valence-corrected chi connectivity index (χ1v) is 8.79. The van der Waals surface area contributed by atoms with E-state index >= 15 is 0 Å². The van der Waals surface area contributed by atoms with Crippen LogP contribution in [0.4, 0.5) is 5.82 Å². The number of hydrogen-bond donors (Lipinski definition) is 0. The summed E-state index contributed by atoms with van der Waals surface area (Å²) < 4.78 is 4.99. The molecule has 0 amide bonds. The molecular weight excluding hydrogens is 284 g/mol. The largest absolute Gasteiger partial charge is 0.462 e. The second-order valence-electron chi connectivity index (χ2n) is 5.14. The molecule has 2 heterocycles. The second-order valence-corrected chi connectivity index (χ2v) is 6.72. The maximum Gasteiger partial charge on any atom is 0.339 e. The third kappa shape index (κ3) is 4.63. The third-order valence-corrected chi connectivity index (χ3v) is 4.80. The number of anilines is 1. The van der Waals surface area contributed by atoms with Gasteiger partial charge in [0, 0.05) is 24.5 Å². The zero-order valence-corrected chi connectivity index (χ0v) is 13.7. The number of rotatable bonds is 5. The molecule has 0 spiro atoms. The minimum Gasteiger partial charge on any atom is -0.462 e. The van der Waals surface area contributed by atoms with Gasteiger partial charge in [-0.25, -0.2) is 9.78 Å². The van der Waals surface area contributed by atoms with Crippen LogP contribution in [-0.2, 0) is 4.74 Å². The van der Waals surface area contributed by atoms with Crippen molar-refractivity contribution in [2.24, 2.45) is 0 Å². The number of hydrogen-bond acceptors (Lipinski definition) is 5. The zero-order valence-electron chi connectivity index (χ0n) is 12.9. The fourth-order valence-electron chi connectivity index (χ4n) is 2.59. The Kier molecular flexibility index (Phi) is 6.36. The van der Waals surface area contributed by atoms with Crippen molar-refractivity contribution < 1.29 is 9.53 Å². The maximum atomic E-state index is 11.6. The lowest BCUT2D eigenvalue weighted by atomic mass is 10.2. The van der Waals surface area contributed by atoms with Crippen LogP contribution in [0.1, 0.15) is 43.5 Å². The minimum absolute atomic E-state index is 0.299. The lowest BCUT2D eigenvalue weighted by molar-refractivity contribution is 0.0526. The molecule has 1 atom stereocenters. The van der Waals surface area contributed by atoms with Gasteiger partial charge in [0.25, 0.3) is 0 Å². The van der Waals surface area contributed by atoms with Gasteiger partial charge < -0.3 is 9.64 Å². The minimum atomic E-state index is -0.299. The van der Waals surface area contributed by atoms with Crippen molar-refractivity contribution in [3.8, 4) is 0 Å². The molecular formula is C16H24N2O2S. The molecule has 0 bridgehead atoms. The highest BCUT2D eigenvalue weighted by Gasteiger charge is 2.19. The van der Waals surface area contributed by atoms with Crippen LogP contribution in [0.15, 0.2) is 18.3 Å². The van der Waals surface area contributed by atoms with E-state index in [1.54, 1.807) is 6.20 Å². The summed E-state index contributed by atoms with van der Waals surface area (Å²) >= 11 is 2.04. The van der Waals surface area contributed by atoms with Gasteiger partial charge in [-0.15, -0.1) is 0 Å². The average Bonchev–Trinajstić information content (AvgIpc) is 2.74. The summed E-state index contributed by atoms with van der Waals surface area (Å²) in [7, 11) is 0. The molecule has 0 radical (unpaired) electrons. The molecule has 0 aliphatic carbocycles. The van der Waals surface area contributed by atoms with Gasteiger partial charge in [-0.1, -0.05) is 13.3 Å². The monoisotopic (exact) mass is 308 g/mol. The first-order valence-electron chi connectivity index (χ1n) is 7.74. The normalized spacial score (nSPS) is 19.1. The van der Waals surface area contributed by atoms with Crippen LogP contribution in [0.5, 0.6) is 0 Å². The number of aromatic nitrogens is 1. The molecule has 4 nitrogen and oxygen atoms in total. The first-order chi connectivity index (χ1) is 10.2. The van der Waals surface area contributed by atoms with Crippen molar-refractivity contribution in [2.45, 2.75) is 38.4 Å². The summed E-state index contributed by atoms with van der Waals surface area (Å²) in [6.07, 6.45) is 5.41. The van der Waals surface area contributed by atoms with E-state index in [0.29, 0.717) is 17.4 Å². The average molecular weight is 308 g/mol. The van der Waals surface area contributed by atoms with Gasteiger partial charge in [-0.3, -0.25) is 0 Å². The predicted molar refractivity (Wildman–Crippen MR) is 88.2 cm³/mol. The predicted octanol–water partition coefficient (Wildman–Crippen LogP) is 3.37. The number of esters is 1. The van der Waals surface area contributed by atoms with Crippen molar-refractivity contribution in [1.29, 1.82) is 0 Å². The van der Waals surface area contributed by atoms with Crippen LogP contribution in [0.25, 0.3) is 0 Å². The lowest BCUT2D eigenvalue weighted by Gasteiger charge is -2.25. The molecule has 0 aromatic carbocycles. The van der Waals surface area contributed by atoms with Crippen molar-refractivity contribution >= 4 is 23.5 Å². The van der Waals surface area contributed by atoms with Gasteiger partial charge in [0.2, 0.25) is 0 Å². The maximum absolute atomic E-state index is 11.6. The lowest BCUT2D eigenvalue weighted by Crippen LogP contribution is -2.30. The summed E-state index contributed by atoms with van der Waals surface area (Å²) in [5, 5.41) is 0.684. The fourth-order valence-corrected chi connectivity index (χ4v) is 3.68. The quantitative estimate of drug-likeness (QED) is 0.780. The van der Waals surface area contributed by atoms with Gasteiger partial charge in [0.1, 0.15) is 5.82 Å². The number of carbonyl (C=O) groups is 1. The van der Waals surface area contributed by atoms with Crippen molar-refractivity contribution in [2.75, 3.05) is 30.3 Å². The van der Waals surface area contributed by atoms with Gasteiger partial charge in [0.05, 0.1) is 12.2 Å². The SMILES string of the molecule is CCOC(=O)c1ccc(N2CCCCC(SCC)C2)nc1. The molecule has 2 rings (SSSR count). The molecule has 0 saturated carbocycles. The zero-order chi connectivity index (χ0) is 15.1. The Hall–Kier alpha value is -1.23. The van der Waals surface area contributed by atoms with Crippen LogP contribution in [0.2, 0.25) is 0 Å². The smallest absolute Gasteiger partial charge is 0.339 e. The van der Waals surface area contributed by atoms with E-state index in [1.807, 2.05) is 30.8 Å². The standard InChI is InChI=1S/C16H24N2O2S/c1-3-20-16(19)13-8-9-15(17-11-13)18-10-6-5-7-14(12-18)21-4-2/h8-9,11,14H,3-7,10,12H2,1-2H3. The molecule has 0 N–H and O–H groups in total. The topological polar surface area (TPSA) is 42.4 Å². The molecule has 1 aliphatic heterocycles. The Morgan fingerprint density at radius 1 is 1.43 bits per heavy atom. The van der Waals surface area contributed by atoms with Gasteiger partial charge in [-0.05, 0) is 37.7 Å². The molecule has 1 aromatic heterocycles. The van der Waals surface area contributed by atoms with Crippen LogP contribution in [0, 0.1) is 0 Å². The van der Waals surface area contributed by atoms with E-state index in [2.05, 4.69) is 16.8 Å². The molecule has 21 heavy (non-hydrogen) atoms. The van der Waals surface area contributed by atoms with Gasteiger partial charge in [0.15, 0.2) is 0 Å². The van der Waals surface area contributed by atoms with Gasteiger partial charge in [-0.2, -0.15) is 11.8 Å². The summed E-state index contributed by atoms with van der Waals surface area (Å²) in [6, 6.07) is 3.75. The van der Waals surface area contributed by atoms with Crippen molar-refractivity contribution in [3.63, 3.8) is 0 Å². The van der Waals surface area contributed by atoms with E-state index in [9.17, 15) is 4.79 Å². The van der Waals surface area contributed by atoms with Gasteiger partial charge >= 0.3 is 5.97 Å². The highest BCUT2D eigenvalue weighted by molar-refractivity contribution is 7.99. The molecule has 1 aliphatic rings. The molecule has 5 heteroatoms. The summed E-state index contributed by atoms with van der Waals surface area (Å²) in [5.74, 6) is 1.83. The Morgan fingerprint density at radius 2 is 2.29 bits per heavy atom. The van der Waals surface area contributed by atoms with Crippen LogP contribution in [-0.4, -0.2) is 41.7 Å². The number of pyridine rings is 1. The highest BCUT2D eigenvalue weighted by Crippen LogP contribution is 2.24. The number of thioether (sulfide) groups is 1. The summed E-state index contributed by atoms with van der Waals surface area (Å²) in [5.41, 5.74) is 0.523. The number of nitrogens with zero attached hydrogens (tertiary/aromatic N) is 2. The molecule has 116 valence electrons. The van der Waals surface area contributed by atoms with E-state index < -0.39 is 0 Å². The first kappa shape index (κ1) is 16.1. The van der Waals surface area contributed by atoms with E-state index in [4.69, 9.17) is 4.74 Å². The summed E-state index contributed by atoms with van der Waals surface area (Å²) in [4.78, 5) is 18.4. The Morgan fingerprint density at radius 3 is 2.95 bits per heavy atom. The molecule has 1 aromatic rings. The molecule has 1 fully saturated rings. The number of ether oxygens (including phenoxy) is 1. The Bertz CT molecular complexity index is 450. The van der Waals surface area contributed by atoms with E-state index in [-0.39, 0.29) is 5.97 Å². The van der Waals surface area contributed by atoms with Crippen LogP contribution >= 0.6 is 11.8 Å². The Balaban J connectivity index is 2.04. The highest BCUT2D eigenvalue weighted by atomic mass is 32.2. The fraction of sp³-hybridized carbons (Fsp3) is 0.625. The van der Waals surface area contributed by atoms with Crippen LogP contribution in [0.3, 0.4) is 0 Å². The van der Waals surface area contributed by atoms with E-state index in [1.165, 1.54) is 19.3 Å². The van der Waals surface area contributed by atoms with E-state index in [0.717, 1.165) is 24.7 Å². The third-order valence-electron chi connectivity index (χ3n) is 3.61.